The zero-order valence-electron chi connectivity index (χ0n) is 24.7. The van der Waals surface area contributed by atoms with Crippen molar-refractivity contribution >= 4 is 45.0 Å². The summed E-state index contributed by atoms with van der Waals surface area (Å²) < 4.78 is 0.757. The molecule has 0 bridgehead atoms. The molecule has 1 saturated heterocycles. The fourth-order valence-electron chi connectivity index (χ4n) is 5.52. The number of benzene rings is 4. The van der Waals surface area contributed by atoms with E-state index in [2.05, 4.69) is 53.7 Å². The summed E-state index contributed by atoms with van der Waals surface area (Å²) in [5, 5.41) is 6.21. The Balaban J connectivity index is 1.20. The first-order chi connectivity index (χ1) is 21.4. The summed E-state index contributed by atoms with van der Waals surface area (Å²) in [6.45, 7) is 5.71. The quantitative estimate of drug-likeness (QED) is 0.193. The van der Waals surface area contributed by atoms with E-state index in [9.17, 15) is 14.4 Å². The number of thiazole rings is 1. The van der Waals surface area contributed by atoms with Crippen molar-refractivity contribution in [2.24, 2.45) is 0 Å². The number of carbonyl (C=O) groups is 3. The van der Waals surface area contributed by atoms with E-state index in [0.29, 0.717) is 35.8 Å². The Hall–Kier alpha value is -4.82. The minimum atomic E-state index is -0.787. The molecule has 0 spiro atoms. The fraction of sp³-hybridized carbons (Fsp3) is 0.222. The largest absolute Gasteiger partial charge is 0.341 e. The number of nitrogens with zero attached hydrogens (tertiary/aromatic N) is 2. The topological polar surface area (TPSA) is 91.4 Å². The molecule has 3 amide bonds. The van der Waals surface area contributed by atoms with Gasteiger partial charge in [-0.15, -0.1) is 11.3 Å². The summed E-state index contributed by atoms with van der Waals surface area (Å²) in [6.07, 6.45) is 1.93. The Labute approximate surface area is 260 Å². The molecular formula is C36H34N4O3S. The molecule has 0 radical (unpaired) electrons. The molecule has 222 valence electrons. The Kier molecular flexibility index (Phi) is 8.52. The number of fused-ring (bicyclic) bond motifs is 1. The van der Waals surface area contributed by atoms with Crippen LogP contribution in [0.3, 0.4) is 0 Å². The number of aromatic nitrogens is 1. The van der Waals surface area contributed by atoms with E-state index < -0.39 is 11.9 Å². The first-order valence-electron chi connectivity index (χ1n) is 14.9. The molecule has 1 aliphatic rings. The number of nitrogens with one attached hydrogen (secondary N) is 2. The summed E-state index contributed by atoms with van der Waals surface area (Å²) in [7, 11) is 0. The molecule has 0 saturated carbocycles. The van der Waals surface area contributed by atoms with Gasteiger partial charge >= 0.3 is 0 Å². The van der Waals surface area contributed by atoms with E-state index in [1.54, 1.807) is 12.1 Å². The second kappa shape index (κ2) is 12.8. The van der Waals surface area contributed by atoms with Gasteiger partial charge in [0.2, 0.25) is 5.91 Å². The molecule has 5 aromatic rings. The lowest BCUT2D eigenvalue weighted by atomic mass is 9.95. The van der Waals surface area contributed by atoms with Crippen molar-refractivity contribution in [3.8, 4) is 11.1 Å². The van der Waals surface area contributed by atoms with Crippen molar-refractivity contribution in [2.45, 2.75) is 38.6 Å². The van der Waals surface area contributed by atoms with Crippen molar-refractivity contribution in [1.29, 1.82) is 0 Å². The predicted molar refractivity (Wildman–Crippen MR) is 176 cm³/mol. The van der Waals surface area contributed by atoms with E-state index in [0.717, 1.165) is 34.2 Å². The fourth-order valence-corrected chi connectivity index (χ4v) is 6.43. The molecule has 0 aliphatic carbocycles. The molecule has 2 heterocycles. The van der Waals surface area contributed by atoms with Crippen molar-refractivity contribution in [2.75, 3.05) is 18.4 Å². The van der Waals surface area contributed by atoms with Crippen LogP contribution in [0.15, 0.2) is 97.1 Å². The van der Waals surface area contributed by atoms with Gasteiger partial charge in [0.1, 0.15) is 6.04 Å². The number of likely N-dealkylation sites (tertiary alicyclic amines) is 1. The molecule has 44 heavy (non-hydrogen) atoms. The molecular weight excluding hydrogens is 568 g/mol. The third kappa shape index (κ3) is 6.26. The van der Waals surface area contributed by atoms with Crippen molar-refractivity contribution in [1.82, 2.24) is 15.2 Å². The lowest BCUT2D eigenvalue weighted by Crippen LogP contribution is -2.41. The Morgan fingerprint density at radius 2 is 1.50 bits per heavy atom. The van der Waals surface area contributed by atoms with E-state index in [4.69, 9.17) is 0 Å². The molecule has 8 heteroatoms. The van der Waals surface area contributed by atoms with Crippen molar-refractivity contribution in [3.63, 3.8) is 0 Å². The van der Waals surface area contributed by atoms with Gasteiger partial charge in [0.15, 0.2) is 5.01 Å². The van der Waals surface area contributed by atoms with Crippen LogP contribution in [0.5, 0.6) is 0 Å². The highest BCUT2D eigenvalue weighted by Crippen LogP contribution is 2.29. The first-order valence-corrected chi connectivity index (χ1v) is 15.7. The minimum absolute atomic E-state index is 0.107. The van der Waals surface area contributed by atoms with E-state index in [-0.39, 0.29) is 16.8 Å². The van der Waals surface area contributed by atoms with E-state index in [1.807, 2.05) is 65.6 Å². The molecule has 6 rings (SSSR count). The molecule has 0 unspecified atom stereocenters. The summed E-state index contributed by atoms with van der Waals surface area (Å²) in [4.78, 5) is 46.5. The van der Waals surface area contributed by atoms with Crippen LogP contribution in [-0.4, -0.2) is 40.7 Å². The summed E-state index contributed by atoms with van der Waals surface area (Å²) in [5.41, 5.74) is 5.64. The number of anilines is 1. The van der Waals surface area contributed by atoms with Crippen LogP contribution in [0.1, 0.15) is 69.9 Å². The highest BCUT2D eigenvalue weighted by atomic mass is 32.1. The van der Waals surface area contributed by atoms with Crippen LogP contribution in [-0.2, 0) is 4.79 Å². The van der Waals surface area contributed by atoms with Gasteiger partial charge in [0, 0.05) is 24.3 Å². The molecule has 1 atom stereocenters. The van der Waals surface area contributed by atoms with Gasteiger partial charge in [-0.05, 0) is 65.3 Å². The third-order valence-corrected chi connectivity index (χ3v) is 8.99. The molecule has 1 aromatic heterocycles. The van der Waals surface area contributed by atoms with Crippen molar-refractivity contribution < 1.29 is 14.4 Å². The van der Waals surface area contributed by atoms with Gasteiger partial charge in [-0.2, -0.15) is 0 Å². The summed E-state index contributed by atoms with van der Waals surface area (Å²) in [6, 6.07) is 29.8. The Bertz CT molecular complexity index is 1810. The SMILES string of the molecule is CC(C)c1ccc(-c2ccccc2C(=O)Nc2ccc3nc(C(=O)N[C@H](C(=O)N4CCCC4)c4ccccc4)sc3c2)cc1. The lowest BCUT2D eigenvalue weighted by Gasteiger charge is -2.24. The average molecular weight is 603 g/mol. The molecule has 4 aromatic carbocycles. The highest BCUT2D eigenvalue weighted by Gasteiger charge is 2.30. The highest BCUT2D eigenvalue weighted by molar-refractivity contribution is 7.20. The predicted octanol–water partition coefficient (Wildman–Crippen LogP) is 7.43. The van der Waals surface area contributed by atoms with Gasteiger partial charge in [-0.3, -0.25) is 14.4 Å². The summed E-state index contributed by atoms with van der Waals surface area (Å²) >= 11 is 1.23. The second-order valence-electron chi connectivity index (χ2n) is 11.3. The van der Waals surface area contributed by atoms with E-state index in [1.165, 1.54) is 16.9 Å². The Morgan fingerprint density at radius 3 is 2.23 bits per heavy atom. The van der Waals surface area contributed by atoms with E-state index >= 15 is 0 Å². The van der Waals surface area contributed by atoms with Crippen LogP contribution < -0.4 is 10.6 Å². The van der Waals surface area contributed by atoms with Crippen LogP contribution in [0.4, 0.5) is 5.69 Å². The van der Waals surface area contributed by atoms with Gasteiger partial charge < -0.3 is 15.5 Å². The maximum atomic E-state index is 13.4. The van der Waals surface area contributed by atoms with Crippen LogP contribution in [0.2, 0.25) is 0 Å². The van der Waals surface area contributed by atoms with Gasteiger partial charge in [0.05, 0.1) is 10.2 Å². The molecule has 2 N–H and O–H groups in total. The molecule has 7 nitrogen and oxygen atoms in total. The van der Waals surface area contributed by atoms with Gasteiger partial charge in [-0.25, -0.2) is 4.98 Å². The smallest absolute Gasteiger partial charge is 0.281 e. The average Bonchev–Trinajstić information content (AvgIpc) is 3.74. The lowest BCUT2D eigenvalue weighted by molar-refractivity contribution is -0.132. The van der Waals surface area contributed by atoms with Crippen LogP contribution in [0, 0.1) is 0 Å². The molecule has 1 fully saturated rings. The Morgan fingerprint density at radius 1 is 0.795 bits per heavy atom. The van der Waals surface area contributed by atoms with Crippen molar-refractivity contribution in [3.05, 3.63) is 119 Å². The van der Waals surface area contributed by atoms with Crippen LogP contribution in [0.25, 0.3) is 21.3 Å². The first kappa shape index (κ1) is 29.3. The third-order valence-electron chi connectivity index (χ3n) is 7.97. The number of rotatable bonds is 8. The standard InChI is InChI=1S/C36H34N4O3S/c1-23(2)24-14-16-25(17-15-24)28-12-6-7-13-29(28)33(41)37-27-18-19-30-31(22-27)44-35(38-30)34(42)39-32(26-10-4-3-5-11-26)36(43)40-20-8-9-21-40/h3-7,10-19,22-23,32H,8-9,20-21H2,1-2H3,(H,37,41)(H,39,42)/t32-/m0/s1. The molecule has 1 aliphatic heterocycles. The number of hydrogen-bond acceptors (Lipinski definition) is 5. The van der Waals surface area contributed by atoms with Crippen LogP contribution >= 0.6 is 11.3 Å². The number of carbonyl (C=O) groups excluding carboxylic acids is 3. The zero-order valence-corrected chi connectivity index (χ0v) is 25.6. The normalized spacial score (nSPS) is 13.7. The zero-order chi connectivity index (χ0) is 30.6. The van der Waals surface area contributed by atoms with Gasteiger partial charge in [-0.1, -0.05) is 86.6 Å². The maximum absolute atomic E-state index is 13.4. The summed E-state index contributed by atoms with van der Waals surface area (Å²) in [5.74, 6) is -0.306. The maximum Gasteiger partial charge on any atom is 0.281 e. The van der Waals surface area contributed by atoms with Gasteiger partial charge in [0.25, 0.3) is 11.8 Å². The monoisotopic (exact) mass is 602 g/mol. The minimum Gasteiger partial charge on any atom is -0.341 e. The second-order valence-corrected chi connectivity index (χ2v) is 12.4. The number of hydrogen-bond donors (Lipinski definition) is 2. The number of amides is 3.